The van der Waals surface area contributed by atoms with E-state index in [2.05, 4.69) is 24.4 Å². The maximum absolute atomic E-state index is 6.07. The minimum absolute atomic E-state index is 0. The van der Waals surface area contributed by atoms with Gasteiger partial charge in [-0.15, -0.1) is 5.56 Å². The third kappa shape index (κ3) is 5.81. The molecule has 0 aliphatic carbocycles. The van der Waals surface area contributed by atoms with Gasteiger partial charge in [0.1, 0.15) is 0 Å². The maximum Gasteiger partial charge on any atom is 2.00 e. The smallest absolute Gasteiger partial charge is 0.379 e. The standard InChI is InChI=1S/C13H13ClN.C5H5.Fe/c1-10(11-6-2-3-7-11)15-13-9-5-4-8-12(13)14;1-2-4-5-3-1;/h2-10,15H,1H3;1-5H;/q2*-1;+2. The van der Waals surface area contributed by atoms with E-state index in [0.717, 1.165) is 10.7 Å². The van der Waals surface area contributed by atoms with Gasteiger partial charge in [-0.05, 0) is 19.1 Å². The Labute approximate surface area is 142 Å². The van der Waals surface area contributed by atoms with Crippen molar-refractivity contribution in [1.82, 2.24) is 0 Å². The van der Waals surface area contributed by atoms with Gasteiger partial charge in [-0.25, -0.2) is 24.3 Å². The molecule has 3 rings (SSSR count). The monoisotopic (exact) mass is 339 g/mol. The van der Waals surface area contributed by atoms with Crippen molar-refractivity contribution in [3.8, 4) is 0 Å². The van der Waals surface area contributed by atoms with Gasteiger partial charge < -0.3 is 5.32 Å². The summed E-state index contributed by atoms with van der Waals surface area (Å²) in [5, 5.41) is 4.14. The summed E-state index contributed by atoms with van der Waals surface area (Å²) in [6.07, 6.45) is 0. The van der Waals surface area contributed by atoms with E-state index in [9.17, 15) is 0 Å². The van der Waals surface area contributed by atoms with Gasteiger partial charge in [0, 0.05) is 6.04 Å². The molecule has 0 spiro atoms. The van der Waals surface area contributed by atoms with Gasteiger partial charge in [0.05, 0.1) is 10.7 Å². The van der Waals surface area contributed by atoms with Crippen LogP contribution in [0.15, 0.2) is 78.9 Å². The maximum atomic E-state index is 6.07. The van der Waals surface area contributed by atoms with E-state index >= 15 is 0 Å². The summed E-state index contributed by atoms with van der Waals surface area (Å²) in [7, 11) is 0. The van der Waals surface area contributed by atoms with Crippen LogP contribution in [0.4, 0.5) is 5.69 Å². The summed E-state index contributed by atoms with van der Waals surface area (Å²) < 4.78 is 0. The molecule has 0 heterocycles. The van der Waals surface area contributed by atoms with Crippen molar-refractivity contribution in [2.24, 2.45) is 0 Å². The number of nitrogens with one attached hydrogen (secondary N) is 1. The minimum atomic E-state index is 0. The topological polar surface area (TPSA) is 12.0 Å². The first-order valence-corrected chi connectivity index (χ1v) is 7.04. The third-order valence-electron chi connectivity index (χ3n) is 2.99. The molecule has 1 N–H and O–H groups in total. The summed E-state index contributed by atoms with van der Waals surface area (Å²) >= 11 is 6.07. The van der Waals surface area contributed by atoms with Gasteiger partial charge >= 0.3 is 17.1 Å². The van der Waals surface area contributed by atoms with Crippen LogP contribution in [-0.2, 0) is 17.1 Å². The van der Waals surface area contributed by atoms with E-state index in [1.807, 2.05) is 66.7 Å². The molecule has 0 fully saturated rings. The Morgan fingerprint density at radius 3 is 2.19 bits per heavy atom. The number of benzene rings is 1. The molecular weight excluding hydrogens is 322 g/mol. The third-order valence-corrected chi connectivity index (χ3v) is 3.32. The molecule has 21 heavy (non-hydrogen) atoms. The second-order valence-corrected chi connectivity index (χ2v) is 4.93. The first kappa shape index (κ1) is 17.6. The first-order chi connectivity index (χ1) is 9.77. The second-order valence-electron chi connectivity index (χ2n) is 4.53. The fourth-order valence-corrected chi connectivity index (χ4v) is 2.08. The molecule has 110 valence electrons. The summed E-state index contributed by atoms with van der Waals surface area (Å²) in [5.74, 6) is 0. The Balaban J connectivity index is 0.000000313. The number of para-hydroxylation sites is 1. The number of hydrogen-bond acceptors (Lipinski definition) is 1. The van der Waals surface area contributed by atoms with Gasteiger partial charge in [0.15, 0.2) is 0 Å². The molecule has 0 radical (unpaired) electrons. The molecule has 0 aliphatic rings. The number of rotatable bonds is 3. The molecule has 0 bridgehead atoms. The fraction of sp³-hybridized carbons (Fsp3) is 0.111. The Morgan fingerprint density at radius 2 is 1.67 bits per heavy atom. The van der Waals surface area contributed by atoms with Gasteiger partial charge in [-0.1, -0.05) is 23.7 Å². The molecule has 1 unspecified atom stereocenters. The largest absolute Gasteiger partial charge is 2.00 e. The Bertz CT molecular complexity index is 570. The Hall–Kier alpha value is -1.47. The van der Waals surface area contributed by atoms with Crippen LogP contribution in [-0.4, -0.2) is 0 Å². The van der Waals surface area contributed by atoms with Crippen molar-refractivity contribution < 1.29 is 17.1 Å². The van der Waals surface area contributed by atoms with Crippen LogP contribution < -0.4 is 5.32 Å². The predicted octanol–water partition coefficient (Wildman–Crippen LogP) is 5.64. The molecule has 3 heteroatoms. The van der Waals surface area contributed by atoms with Crippen molar-refractivity contribution in [2.45, 2.75) is 13.0 Å². The van der Waals surface area contributed by atoms with Gasteiger partial charge in [-0.3, -0.25) is 0 Å². The second kappa shape index (κ2) is 9.46. The van der Waals surface area contributed by atoms with Gasteiger partial charge in [-0.2, -0.15) is 30.3 Å². The summed E-state index contributed by atoms with van der Waals surface area (Å²) in [6, 6.07) is 26.4. The molecule has 0 saturated heterocycles. The quantitative estimate of drug-likeness (QED) is 0.481. The fourth-order valence-electron chi connectivity index (χ4n) is 1.89. The van der Waals surface area contributed by atoms with E-state index in [4.69, 9.17) is 11.6 Å². The number of halogens is 1. The molecule has 1 nitrogen and oxygen atoms in total. The molecule has 0 aliphatic heterocycles. The molecular formula is C18H18ClFeN. The van der Waals surface area contributed by atoms with E-state index < -0.39 is 0 Å². The molecule has 0 saturated carbocycles. The van der Waals surface area contributed by atoms with Crippen LogP contribution >= 0.6 is 11.6 Å². The van der Waals surface area contributed by atoms with E-state index in [1.54, 1.807) is 0 Å². The molecule has 0 amide bonds. The Morgan fingerprint density at radius 1 is 0.952 bits per heavy atom. The normalized spacial score (nSPS) is 10.8. The molecule has 1 atom stereocenters. The van der Waals surface area contributed by atoms with Crippen molar-refractivity contribution >= 4 is 17.3 Å². The van der Waals surface area contributed by atoms with Crippen LogP contribution in [0.3, 0.4) is 0 Å². The number of hydrogen-bond donors (Lipinski definition) is 1. The van der Waals surface area contributed by atoms with Crippen molar-refractivity contribution in [3.63, 3.8) is 0 Å². The van der Waals surface area contributed by atoms with E-state index in [1.165, 1.54) is 5.56 Å². The first-order valence-electron chi connectivity index (χ1n) is 6.67. The van der Waals surface area contributed by atoms with Crippen LogP contribution in [0.5, 0.6) is 0 Å². The molecule has 3 aromatic carbocycles. The average Bonchev–Trinajstić information content (AvgIpc) is 3.17. The minimum Gasteiger partial charge on any atom is -0.379 e. The van der Waals surface area contributed by atoms with Crippen molar-refractivity contribution in [3.05, 3.63) is 89.4 Å². The van der Waals surface area contributed by atoms with Crippen LogP contribution in [0, 0.1) is 0 Å². The number of anilines is 1. The van der Waals surface area contributed by atoms with Crippen molar-refractivity contribution in [2.75, 3.05) is 5.32 Å². The predicted molar refractivity (Wildman–Crippen MR) is 87.6 cm³/mol. The van der Waals surface area contributed by atoms with Crippen LogP contribution in [0.25, 0.3) is 0 Å². The van der Waals surface area contributed by atoms with Crippen molar-refractivity contribution in [1.29, 1.82) is 0 Å². The van der Waals surface area contributed by atoms with E-state index in [-0.39, 0.29) is 23.1 Å². The summed E-state index contributed by atoms with van der Waals surface area (Å²) in [4.78, 5) is 0. The Kier molecular flexibility index (Phi) is 7.92. The zero-order valence-corrected chi connectivity index (χ0v) is 13.7. The van der Waals surface area contributed by atoms with Gasteiger partial charge in [0.25, 0.3) is 0 Å². The molecule has 0 aromatic heterocycles. The summed E-state index contributed by atoms with van der Waals surface area (Å²) in [5.41, 5.74) is 2.25. The average molecular weight is 340 g/mol. The zero-order chi connectivity index (χ0) is 14.2. The van der Waals surface area contributed by atoms with Crippen LogP contribution in [0.1, 0.15) is 18.5 Å². The van der Waals surface area contributed by atoms with Crippen LogP contribution in [0.2, 0.25) is 5.02 Å². The zero-order valence-electron chi connectivity index (χ0n) is 11.8. The van der Waals surface area contributed by atoms with Gasteiger partial charge in [0.2, 0.25) is 0 Å². The molecule has 3 aromatic rings. The van der Waals surface area contributed by atoms with E-state index in [0.29, 0.717) is 0 Å². The SMILES string of the molecule is CC(Nc1ccccc1Cl)c1ccc[cH-]1.[Fe+2].c1cc[cH-]c1. The summed E-state index contributed by atoms with van der Waals surface area (Å²) in [6.45, 7) is 2.12.